The lowest BCUT2D eigenvalue weighted by atomic mass is 9.81. The van der Waals surface area contributed by atoms with Crippen molar-refractivity contribution < 1.29 is 28.3 Å². The van der Waals surface area contributed by atoms with E-state index in [0.29, 0.717) is 42.0 Å². The summed E-state index contributed by atoms with van der Waals surface area (Å²) in [6.45, 7) is 11.5. The lowest BCUT2D eigenvalue weighted by Gasteiger charge is -2.29. The first-order valence-corrected chi connectivity index (χ1v) is 18.2. The monoisotopic (exact) mass is 746 g/mol. The van der Waals surface area contributed by atoms with Crippen LogP contribution in [-0.2, 0) is 20.7 Å². The Morgan fingerprint density at radius 2 is 1.70 bits per heavy atom. The Bertz CT molecular complexity index is 2020. The molecule has 1 atom stereocenters. The topological polar surface area (TPSA) is 185 Å². The number of aryl methyl sites for hydroxylation is 1. The normalized spacial score (nSPS) is 16.5. The maximum atomic E-state index is 13.8. The molecule has 1 aliphatic carbocycles. The predicted octanol–water partition coefficient (Wildman–Crippen LogP) is 6.28. The van der Waals surface area contributed by atoms with E-state index in [1.54, 1.807) is 12.1 Å². The molecule has 0 unspecified atom stereocenters. The molecule has 4 amide bonds. The van der Waals surface area contributed by atoms with Gasteiger partial charge in [0.25, 0.3) is 5.91 Å². The van der Waals surface area contributed by atoms with Crippen molar-refractivity contribution in [1.29, 1.82) is 0 Å². The molecule has 2 aromatic carbocycles. The zero-order valence-corrected chi connectivity index (χ0v) is 31.6. The number of alkyl carbamates (subject to hydrolysis) is 1. The molecule has 2 aromatic heterocycles. The van der Waals surface area contributed by atoms with E-state index in [4.69, 9.17) is 20.8 Å². The molecule has 1 fully saturated rings. The van der Waals surface area contributed by atoms with Crippen LogP contribution in [0.3, 0.4) is 0 Å². The number of ether oxygens (including phenoxy) is 1. The van der Waals surface area contributed by atoms with Gasteiger partial charge >= 0.3 is 11.8 Å². The Labute approximate surface area is 313 Å². The van der Waals surface area contributed by atoms with Crippen LogP contribution in [0, 0.1) is 18.8 Å². The van der Waals surface area contributed by atoms with E-state index in [1.165, 1.54) is 6.07 Å². The molecule has 0 spiro atoms. The molecule has 13 nitrogen and oxygen atoms in total. The molecule has 4 aromatic rings. The molecular formula is C39H47ClN6O7. The zero-order valence-electron chi connectivity index (χ0n) is 30.9. The molecule has 1 saturated carbocycles. The van der Waals surface area contributed by atoms with Gasteiger partial charge in [-0.25, -0.2) is 14.6 Å². The number of H-pyrrole nitrogens is 1. The van der Waals surface area contributed by atoms with Gasteiger partial charge in [0.2, 0.25) is 11.8 Å². The summed E-state index contributed by atoms with van der Waals surface area (Å²) in [4.78, 5) is 70.8. The van der Waals surface area contributed by atoms with Crippen molar-refractivity contribution in [2.45, 2.75) is 91.3 Å². The number of nitrogens with one attached hydrogen (secondary N) is 5. The molecule has 53 heavy (non-hydrogen) atoms. The molecule has 0 saturated heterocycles. The second-order valence-electron chi connectivity index (χ2n) is 14.9. The fourth-order valence-electron chi connectivity index (χ4n) is 6.37. The molecule has 282 valence electrons. The van der Waals surface area contributed by atoms with E-state index in [2.05, 4.69) is 31.2 Å². The molecule has 1 aliphatic rings. The minimum absolute atomic E-state index is 0.00850. The number of hydrogen-bond donors (Lipinski definition) is 5. The summed E-state index contributed by atoms with van der Waals surface area (Å²) in [5, 5.41) is 11.7. The van der Waals surface area contributed by atoms with Crippen LogP contribution in [0.1, 0.15) is 82.0 Å². The molecular weight excluding hydrogens is 700 g/mol. The van der Waals surface area contributed by atoms with Crippen LogP contribution >= 0.6 is 11.6 Å². The Morgan fingerprint density at radius 1 is 1.00 bits per heavy atom. The summed E-state index contributed by atoms with van der Waals surface area (Å²) in [5.74, 6) is -1.68. The molecule has 5 rings (SSSR count). The van der Waals surface area contributed by atoms with Crippen LogP contribution in [0.4, 0.5) is 10.5 Å². The van der Waals surface area contributed by atoms with E-state index < -0.39 is 29.4 Å². The van der Waals surface area contributed by atoms with Crippen molar-refractivity contribution in [3.63, 3.8) is 0 Å². The number of hydrogen-bond acceptors (Lipinski definition) is 8. The summed E-state index contributed by atoms with van der Waals surface area (Å²) >= 11 is 6.33. The van der Waals surface area contributed by atoms with Gasteiger partial charge in [-0.05, 0) is 102 Å². The standard InChI is InChI=1S/C39H47ClN6O7/c1-21(2)42-35(48)30-16-15-28(22(3)43-30)25-11-7-23(8-12-25)17-32(36(49)44-27-18-29(40)33-31(19-27)46-38(51)52-33)45-34(47)26-13-9-24(10-14-26)20-41-37(50)53-39(4,5)6/h7-8,11-12,15-16,18-19,21,24,26,32H,9-10,13-14,17,20H2,1-6H3,(H,41,50)(H,42,48)(H,44,49)(H,45,47)(H,46,51)/t24?,26?,32-/m0/s1. The number of benzene rings is 2. The first-order chi connectivity index (χ1) is 25.0. The molecule has 0 radical (unpaired) electrons. The number of fused-ring (bicyclic) bond motifs is 1. The van der Waals surface area contributed by atoms with Gasteiger partial charge in [-0.3, -0.25) is 19.4 Å². The molecule has 14 heteroatoms. The number of anilines is 1. The average Bonchev–Trinajstić information content (AvgIpc) is 3.47. The van der Waals surface area contributed by atoms with E-state index in [1.807, 2.05) is 71.9 Å². The van der Waals surface area contributed by atoms with Gasteiger partial charge in [0.1, 0.15) is 17.3 Å². The number of nitrogens with zero attached hydrogens (tertiary/aromatic N) is 1. The minimum atomic E-state index is -0.945. The highest BCUT2D eigenvalue weighted by atomic mass is 35.5. The van der Waals surface area contributed by atoms with E-state index >= 15 is 0 Å². The van der Waals surface area contributed by atoms with Gasteiger partial charge in [-0.15, -0.1) is 0 Å². The van der Waals surface area contributed by atoms with Crippen LogP contribution in [0.5, 0.6) is 0 Å². The number of halogens is 1. The van der Waals surface area contributed by atoms with Crippen LogP contribution < -0.4 is 27.0 Å². The highest BCUT2D eigenvalue weighted by molar-refractivity contribution is 6.35. The maximum Gasteiger partial charge on any atom is 0.417 e. The number of aromatic nitrogens is 2. The van der Waals surface area contributed by atoms with Gasteiger partial charge in [-0.2, -0.15) is 0 Å². The Morgan fingerprint density at radius 3 is 2.34 bits per heavy atom. The first-order valence-electron chi connectivity index (χ1n) is 17.8. The van der Waals surface area contributed by atoms with E-state index in [-0.39, 0.29) is 46.7 Å². The fraction of sp³-hybridized carbons (Fsp3) is 0.436. The van der Waals surface area contributed by atoms with Crippen LogP contribution in [-0.4, -0.2) is 58.0 Å². The quantitative estimate of drug-likeness (QED) is 0.119. The number of aromatic amines is 1. The number of amides is 4. The summed E-state index contributed by atoms with van der Waals surface area (Å²) in [7, 11) is 0. The number of rotatable bonds is 11. The zero-order chi connectivity index (χ0) is 38.4. The lowest BCUT2D eigenvalue weighted by Crippen LogP contribution is -2.48. The number of oxazole rings is 1. The maximum absolute atomic E-state index is 13.8. The van der Waals surface area contributed by atoms with Gasteiger partial charge < -0.3 is 30.4 Å². The first kappa shape index (κ1) is 39.0. The number of carbonyl (C=O) groups excluding carboxylic acids is 4. The van der Waals surface area contributed by atoms with Crippen molar-refractivity contribution in [2.75, 3.05) is 11.9 Å². The smallest absolute Gasteiger partial charge is 0.417 e. The Balaban J connectivity index is 1.28. The summed E-state index contributed by atoms with van der Waals surface area (Å²) in [5.41, 5.74) is 3.83. The largest absolute Gasteiger partial charge is 0.444 e. The predicted molar refractivity (Wildman–Crippen MR) is 203 cm³/mol. The van der Waals surface area contributed by atoms with Crippen LogP contribution in [0.2, 0.25) is 5.02 Å². The number of pyridine rings is 1. The minimum Gasteiger partial charge on any atom is -0.444 e. The van der Waals surface area contributed by atoms with Gasteiger partial charge in [0.05, 0.1) is 10.5 Å². The molecule has 0 aliphatic heterocycles. The van der Waals surface area contributed by atoms with Crippen molar-refractivity contribution >= 4 is 52.2 Å². The highest BCUT2D eigenvalue weighted by Crippen LogP contribution is 2.30. The van der Waals surface area contributed by atoms with Gasteiger partial charge in [-0.1, -0.05) is 41.9 Å². The Hall–Kier alpha value is -5.17. The van der Waals surface area contributed by atoms with Crippen molar-refractivity contribution in [3.8, 4) is 11.1 Å². The average molecular weight is 747 g/mol. The van der Waals surface area contributed by atoms with Crippen LogP contribution in [0.15, 0.2) is 57.7 Å². The fourth-order valence-corrected chi connectivity index (χ4v) is 6.63. The summed E-state index contributed by atoms with van der Waals surface area (Å²) in [6, 6.07) is 13.2. The highest BCUT2D eigenvalue weighted by Gasteiger charge is 2.30. The second kappa shape index (κ2) is 16.7. The number of carbonyl (C=O) groups is 4. The third-order valence-corrected chi connectivity index (χ3v) is 9.25. The lowest BCUT2D eigenvalue weighted by molar-refractivity contribution is -0.130. The van der Waals surface area contributed by atoms with Crippen molar-refractivity contribution in [1.82, 2.24) is 25.9 Å². The Kier molecular flexibility index (Phi) is 12.3. The van der Waals surface area contributed by atoms with E-state index in [9.17, 15) is 24.0 Å². The summed E-state index contributed by atoms with van der Waals surface area (Å²) in [6.07, 6.45) is 2.44. The molecule has 5 N–H and O–H groups in total. The SMILES string of the molecule is Cc1nc(C(=O)NC(C)C)ccc1-c1ccc(C[C@H](NC(=O)C2CCC(CNC(=O)OC(C)(C)C)CC2)C(=O)Nc2cc(Cl)c3oc(=O)[nH]c3c2)cc1. The third-order valence-electron chi connectivity index (χ3n) is 8.97. The van der Waals surface area contributed by atoms with Crippen molar-refractivity contribution in [2.24, 2.45) is 11.8 Å². The molecule has 0 bridgehead atoms. The van der Waals surface area contributed by atoms with Crippen LogP contribution in [0.25, 0.3) is 22.2 Å². The van der Waals surface area contributed by atoms with E-state index in [0.717, 1.165) is 29.5 Å². The second-order valence-corrected chi connectivity index (χ2v) is 15.3. The molecule has 2 heterocycles. The third kappa shape index (κ3) is 10.7. The summed E-state index contributed by atoms with van der Waals surface area (Å²) < 4.78 is 10.4. The van der Waals surface area contributed by atoms with Crippen molar-refractivity contribution in [3.05, 3.63) is 81.1 Å². The van der Waals surface area contributed by atoms with Gasteiger partial charge in [0, 0.05) is 41.9 Å². The van der Waals surface area contributed by atoms with Gasteiger partial charge in [0.15, 0.2) is 5.58 Å².